The normalized spacial score (nSPS) is 19.8. The first-order valence-electron chi connectivity index (χ1n) is 6.74. The zero-order valence-electron chi connectivity index (χ0n) is 11.2. The molecule has 3 nitrogen and oxygen atoms in total. The lowest BCUT2D eigenvalue weighted by Crippen LogP contribution is -2.21. The van der Waals surface area contributed by atoms with Gasteiger partial charge in [0.05, 0.1) is 0 Å². The van der Waals surface area contributed by atoms with E-state index in [2.05, 4.69) is 4.90 Å². The van der Waals surface area contributed by atoms with E-state index in [-0.39, 0.29) is 12.2 Å². The summed E-state index contributed by atoms with van der Waals surface area (Å²) in [5, 5.41) is 8.68. The summed E-state index contributed by atoms with van der Waals surface area (Å²) in [7, 11) is 0. The van der Waals surface area contributed by atoms with Gasteiger partial charge in [0, 0.05) is 25.1 Å². The molecule has 0 saturated carbocycles. The van der Waals surface area contributed by atoms with Crippen molar-refractivity contribution in [3.63, 3.8) is 0 Å². The number of carboxylic acids is 1. The summed E-state index contributed by atoms with van der Waals surface area (Å²) in [6.45, 7) is 4.39. The molecule has 1 heterocycles. The largest absolute Gasteiger partial charge is 0.481 e. The van der Waals surface area contributed by atoms with E-state index in [1.54, 1.807) is 6.07 Å². The lowest BCUT2D eigenvalue weighted by Gasteiger charge is -2.16. The van der Waals surface area contributed by atoms with Crippen LogP contribution in [0.4, 0.5) is 4.39 Å². The van der Waals surface area contributed by atoms with Gasteiger partial charge in [-0.15, -0.1) is 0 Å². The molecule has 0 amide bonds. The first-order chi connectivity index (χ1) is 9.04. The fourth-order valence-corrected chi connectivity index (χ4v) is 2.69. The van der Waals surface area contributed by atoms with Crippen LogP contribution < -0.4 is 0 Å². The van der Waals surface area contributed by atoms with Crippen LogP contribution in [0.2, 0.25) is 0 Å². The molecule has 0 aliphatic carbocycles. The number of hydrogen-bond acceptors (Lipinski definition) is 2. The Labute approximate surface area is 113 Å². The third kappa shape index (κ3) is 4.03. The Morgan fingerprint density at radius 3 is 3.05 bits per heavy atom. The second-order valence-electron chi connectivity index (χ2n) is 5.42. The summed E-state index contributed by atoms with van der Waals surface area (Å²) in [6.07, 6.45) is 1.97. The van der Waals surface area contributed by atoms with E-state index >= 15 is 0 Å². The second-order valence-corrected chi connectivity index (χ2v) is 5.42. The fraction of sp³-hybridized carbons (Fsp3) is 0.533. The van der Waals surface area contributed by atoms with E-state index in [1.165, 1.54) is 6.07 Å². The van der Waals surface area contributed by atoms with Crippen molar-refractivity contribution in [2.45, 2.75) is 32.7 Å². The number of likely N-dealkylation sites (tertiary alicyclic amines) is 1. The van der Waals surface area contributed by atoms with Crippen LogP contribution in [0.5, 0.6) is 0 Å². The fourth-order valence-electron chi connectivity index (χ4n) is 2.69. The van der Waals surface area contributed by atoms with Gasteiger partial charge in [0.2, 0.25) is 0 Å². The molecule has 0 bridgehead atoms. The van der Waals surface area contributed by atoms with Gasteiger partial charge in [0.15, 0.2) is 0 Å². The summed E-state index contributed by atoms with van der Waals surface area (Å²) in [5.74, 6) is -0.452. The van der Waals surface area contributed by atoms with Gasteiger partial charge in [-0.3, -0.25) is 9.69 Å². The topological polar surface area (TPSA) is 40.5 Å². The SMILES string of the molecule is Cc1ccc(F)c(CN2CCC(CCC(=O)O)C2)c1. The highest BCUT2D eigenvalue weighted by molar-refractivity contribution is 5.66. The van der Waals surface area contributed by atoms with Crippen molar-refractivity contribution in [3.8, 4) is 0 Å². The number of rotatable bonds is 5. The van der Waals surface area contributed by atoms with Gasteiger partial charge >= 0.3 is 5.97 Å². The first kappa shape index (κ1) is 14.0. The minimum Gasteiger partial charge on any atom is -0.481 e. The van der Waals surface area contributed by atoms with Crippen molar-refractivity contribution >= 4 is 5.97 Å². The number of carboxylic acid groups (broad SMARTS) is 1. The van der Waals surface area contributed by atoms with Crippen molar-refractivity contribution in [3.05, 3.63) is 35.1 Å². The monoisotopic (exact) mass is 265 g/mol. The van der Waals surface area contributed by atoms with Crippen LogP contribution in [0.25, 0.3) is 0 Å². The maximum Gasteiger partial charge on any atom is 0.303 e. The zero-order chi connectivity index (χ0) is 13.8. The number of hydrogen-bond donors (Lipinski definition) is 1. The predicted molar refractivity (Wildman–Crippen MR) is 71.4 cm³/mol. The Morgan fingerprint density at radius 1 is 1.53 bits per heavy atom. The Morgan fingerprint density at radius 2 is 2.32 bits per heavy atom. The van der Waals surface area contributed by atoms with Gasteiger partial charge in [-0.2, -0.15) is 0 Å². The smallest absolute Gasteiger partial charge is 0.303 e. The first-order valence-corrected chi connectivity index (χ1v) is 6.74. The lowest BCUT2D eigenvalue weighted by molar-refractivity contribution is -0.137. The number of benzene rings is 1. The maximum absolute atomic E-state index is 13.7. The summed E-state index contributed by atoms with van der Waals surface area (Å²) in [5.41, 5.74) is 1.80. The summed E-state index contributed by atoms with van der Waals surface area (Å²) in [4.78, 5) is 12.8. The second kappa shape index (κ2) is 6.15. The standard InChI is InChI=1S/C15H20FNO2/c1-11-2-4-14(16)13(8-11)10-17-7-6-12(9-17)3-5-15(18)19/h2,4,8,12H,3,5-7,9-10H2,1H3,(H,18,19). The lowest BCUT2D eigenvalue weighted by atomic mass is 10.0. The molecule has 0 aromatic heterocycles. The van der Waals surface area contributed by atoms with Crippen molar-refractivity contribution < 1.29 is 14.3 Å². The molecule has 1 unspecified atom stereocenters. The number of aryl methyl sites for hydroxylation is 1. The van der Waals surface area contributed by atoms with E-state index in [0.717, 1.165) is 37.1 Å². The highest BCUT2D eigenvalue weighted by Crippen LogP contribution is 2.23. The number of nitrogens with zero attached hydrogens (tertiary/aromatic N) is 1. The molecule has 0 spiro atoms. The van der Waals surface area contributed by atoms with Crippen LogP contribution in [0, 0.1) is 18.7 Å². The molecular formula is C15H20FNO2. The van der Waals surface area contributed by atoms with E-state index in [4.69, 9.17) is 5.11 Å². The summed E-state index contributed by atoms with van der Waals surface area (Å²) >= 11 is 0. The molecule has 1 aliphatic heterocycles. The van der Waals surface area contributed by atoms with Gasteiger partial charge in [-0.05, 0) is 38.3 Å². The molecule has 2 rings (SSSR count). The molecule has 1 atom stereocenters. The van der Waals surface area contributed by atoms with Crippen molar-refractivity contribution in [1.29, 1.82) is 0 Å². The van der Waals surface area contributed by atoms with Gasteiger partial charge in [-0.25, -0.2) is 4.39 Å². The molecule has 19 heavy (non-hydrogen) atoms. The Hall–Kier alpha value is -1.42. The van der Waals surface area contributed by atoms with Crippen molar-refractivity contribution in [1.82, 2.24) is 4.90 Å². The Balaban J connectivity index is 1.87. The molecule has 4 heteroatoms. The molecule has 104 valence electrons. The molecule has 1 saturated heterocycles. The van der Waals surface area contributed by atoms with Crippen LogP contribution in [-0.4, -0.2) is 29.1 Å². The molecule has 1 N–H and O–H groups in total. The van der Waals surface area contributed by atoms with Crippen LogP contribution in [0.3, 0.4) is 0 Å². The average Bonchev–Trinajstić information content (AvgIpc) is 2.79. The summed E-state index contributed by atoms with van der Waals surface area (Å²) < 4.78 is 13.7. The highest BCUT2D eigenvalue weighted by Gasteiger charge is 2.23. The van der Waals surface area contributed by atoms with Crippen LogP contribution in [-0.2, 0) is 11.3 Å². The number of carbonyl (C=O) groups is 1. The number of aliphatic carboxylic acids is 1. The third-order valence-corrected chi connectivity index (χ3v) is 3.73. The van der Waals surface area contributed by atoms with Crippen molar-refractivity contribution in [2.24, 2.45) is 5.92 Å². The average molecular weight is 265 g/mol. The van der Waals surface area contributed by atoms with Gasteiger partial charge in [0.25, 0.3) is 0 Å². The Bertz CT molecular complexity index is 461. The molecular weight excluding hydrogens is 245 g/mol. The van der Waals surface area contributed by atoms with Crippen LogP contribution in [0.1, 0.15) is 30.4 Å². The molecule has 1 aliphatic rings. The minimum absolute atomic E-state index is 0.153. The van der Waals surface area contributed by atoms with Crippen molar-refractivity contribution in [2.75, 3.05) is 13.1 Å². The third-order valence-electron chi connectivity index (χ3n) is 3.73. The molecule has 1 aromatic carbocycles. The molecule has 1 aromatic rings. The van der Waals surface area contributed by atoms with Gasteiger partial charge < -0.3 is 5.11 Å². The van der Waals surface area contributed by atoms with Crippen LogP contribution >= 0.6 is 0 Å². The van der Waals surface area contributed by atoms with Crippen LogP contribution in [0.15, 0.2) is 18.2 Å². The van der Waals surface area contributed by atoms with Gasteiger partial charge in [-0.1, -0.05) is 17.7 Å². The quantitative estimate of drug-likeness (QED) is 0.890. The van der Waals surface area contributed by atoms with E-state index in [0.29, 0.717) is 12.5 Å². The highest BCUT2D eigenvalue weighted by atomic mass is 19.1. The van der Waals surface area contributed by atoms with E-state index < -0.39 is 5.97 Å². The maximum atomic E-state index is 13.7. The molecule has 1 fully saturated rings. The molecule has 0 radical (unpaired) electrons. The number of halogens is 1. The van der Waals surface area contributed by atoms with E-state index in [1.807, 2.05) is 13.0 Å². The summed E-state index contributed by atoms with van der Waals surface area (Å²) in [6, 6.07) is 5.18. The Kier molecular flexibility index (Phi) is 4.53. The predicted octanol–water partition coefficient (Wildman–Crippen LogP) is 2.82. The van der Waals surface area contributed by atoms with E-state index in [9.17, 15) is 9.18 Å². The van der Waals surface area contributed by atoms with Gasteiger partial charge in [0.1, 0.15) is 5.82 Å². The zero-order valence-corrected chi connectivity index (χ0v) is 11.2. The minimum atomic E-state index is -0.733.